The molecule has 0 fully saturated rings. The van der Waals surface area contributed by atoms with E-state index in [1.165, 1.54) is 5.56 Å². The SMILES string of the molecule is CCC(C)c1ccc(C(O)c2cc(Cl)ccc2C)cc1. The maximum Gasteiger partial charge on any atom is 0.104 e. The summed E-state index contributed by atoms with van der Waals surface area (Å²) in [6.07, 6.45) is 0.495. The van der Waals surface area contributed by atoms with Gasteiger partial charge in [0.25, 0.3) is 0 Å². The lowest BCUT2D eigenvalue weighted by molar-refractivity contribution is 0.219. The summed E-state index contributed by atoms with van der Waals surface area (Å²) in [4.78, 5) is 0. The van der Waals surface area contributed by atoms with Gasteiger partial charge in [0.05, 0.1) is 0 Å². The van der Waals surface area contributed by atoms with Crippen LogP contribution >= 0.6 is 11.6 Å². The second-order valence-electron chi connectivity index (χ2n) is 5.38. The number of halogens is 1. The minimum Gasteiger partial charge on any atom is -0.384 e. The molecule has 1 nitrogen and oxygen atoms in total. The van der Waals surface area contributed by atoms with Crippen molar-refractivity contribution in [3.63, 3.8) is 0 Å². The van der Waals surface area contributed by atoms with E-state index in [2.05, 4.69) is 26.0 Å². The molecule has 0 aliphatic rings. The minimum atomic E-state index is -0.625. The minimum absolute atomic E-state index is 0.550. The third-order valence-electron chi connectivity index (χ3n) is 3.97. The highest BCUT2D eigenvalue weighted by Crippen LogP contribution is 2.28. The van der Waals surface area contributed by atoms with Crippen molar-refractivity contribution in [3.05, 3.63) is 69.7 Å². The van der Waals surface area contributed by atoms with Crippen molar-refractivity contribution < 1.29 is 5.11 Å². The molecule has 2 aromatic carbocycles. The van der Waals surface area contributed by atoms with E-state index in [-0.39, 0.29) is 0 Å². The number of hydrogen-bond donors (Lipinski definition) is 1. The van der Waals surface area contributed by atoms with Crippen LogP contribution in [0.5, 0.6) is 0 Å². The number of aryl methyl sites for hydroxylation is 1. The number of rotatable bonds is 4. The van der Waals surface area contributed by atoms with Crippen molar-refractivity contribution in [2.75, 3.05) is 0 Å². The predicted molar refractivity (Wildman–Crippen MR) is 85.4 cm³/mol. The Morgan fingerprint density at radius 1 is 1.05 bits per heavy atom. The third kappa shape index (κ3) is 3.23. The average Bonchev–Trinajstić information content (AvgIpc) is 2.48. The van der Waals surface area contributed by atoms with Gasteiger partial charge in [-0.05, 0) is 53.6 Å². The summed E-state index contributed by atoms with van der Waals surface area (Å²) in [6.45, 7) is 6.39. The molecular weight excluding hydrogens is 268 g/mol. The molecule has 20 heavy (non-hydrogen) atoms. The van der Waals surface area contributed by atoms with E-state index in [1.807, 2.05) is 37.3 Å². The largest absolute Gasteiger partial charge is 0.384 e. The van der Waals surface area contributed by atoms with Crippen LogP contribution in [0.25, 0.3) is 0 Å². The van der Waals surface area contributed by atoms with Crippen LogP contribution in [-0.4, -0.2) is 5.11 Å². The first kappa shape index (κ1) is 15.1. The smallest absolute Gasteiger partial charge is 0.104 e. The Kier molecular flexibility index (Phi) is 4.85. The van der Waals surface area contributed by atoms with Gasteiger partial charge < -0.3 is 5.11 Å². The second-order valence-corrected chi connectivity index (χ2v) is 5.82. The van der Waals surface area contributed by atoms with E-state index >= 15 is 0 Å². The Bertz CT molecular complexity index is 574. The Balaban J connectivity index is 2.29. The van der Waals surface area contributed by atoms with Crippen LogP contribution in [0.3, 0.4) is 0 Å². The van der Waals surface area contributed by atoms with Gasteiger partial charge >= 0.3 is 0 Å². The third-order valence-corrected chi connectivity index (χ3v) is 4.20. The van der Waals surface area contributed by atoms with Crippen molar-refractivity contribution in [1.29, 1.82) is 0 Å². The summed E-state index contributed by atoms with van der Waals surface area (Å²) in [6, 6.07) is 13.8. The van der Waals surface area contributed by atoms with E-state index in [4.69, 9.17) is 11.6 Å². The van der Waals surface area contributed by atoms with Crippen LogP contribution in [0.2, 0.25) is 5.02 Å². The molecule has 2 aromatic rings. The molecular formula is C18H21ClO. The lowest BCUT2D eigenvalue weighted by atomic mass is 9.93. The van der Waals surface area contributed by atoms with Crippen LogP contribution in [0.15, 0.2) is 42.5 Å². The lowest BCUT2D eigenvalue weighted by Gasteiger charge is -2.16. The van der Waals surface area contributed by atoms with Gasteiger partial charge in [-0.3, -0.25) is 0 Å². The van der Waals surface area contributed by atoms with Crippen molar-refractivity contribution >= 4 is 11.6 Å². The summed E-state index contributed by atoms with van der Waals surface area (Å²) in [5.41, 5.74) is 4.13. The van der Waals surface area contributed by atoms with E-state index < -0.39 is 6.10 Å². The molecule has 0 bridgehead atoms. The molecule has 106 valence electrons. The van der Waals surface area contributed by atoms with E-state index in [0.717, 1.165) is 23.1 Å². The van der Waals surface area contributed by atoms with Gasteiger partial charge in [-0.25, -0.2) is 0 Å². The zero-order valence-corrected chi connectivity index (χ0v) is 13.0. The summed E-state index contributed by atoms with van der Waals surface area (Å²) in [7, 11) is 0. The van der Waals surface area contributed by atoms with E-state index in [1.54, 1.807) is 0 Å². The number of aliphatic hydroxyl groups excluding tert-OH is 1. The summed E-state index contributed by atoms with van der Waals surface area (Å²) in [5.74, 6) is 0.550. The highest BCUT2D eigenvalue weighted by atomic mass is 35.5. The van der Waals surface area contributed by atoms with E-state index in [9.17, 15) is 5.11 Å². The Hall–Kier alpha value is -1.31. The zero-order valence-electron chi connectivity index (χ0n) is 12.2. The van der Waals surface area contributed by atoms with Crippen LogP contribution in [0, 0.1) is 6.92 Å². The number of benzene rings is 2. The van der Waals surface area contributed by atoms with Crippen LogP contribution in [0.1, 0.15) is 54.5 Å². The van der Waals surface area contributed by atoms with E-state index in [0.29, 0.717) is 10.9 Å². The standard InChI is InChI=1S/C18H21ClO/c1-4-12(2)14-6-8-15(9-7-14)18(20)17-11-16(19)10-5-13(17)3/h5-12,18,20H,4H2,1-3H3. The highest BCUT2D eigenvalue weighted by molar-refractivity contribution is 6.30. The fraction of sp³-hybridized carbons (Fsp3) is 0.333. The molecule has 0 saturated carbocycles. The highest BCUT2D eigenvalue weighted by Gasteiger charge is 2.14. The Labute approximate surface area is 126 Å². The molecule has 2 heteroatoms. The van der Waals surface area contributed by atoms with Gasteiger partial charge in [-0.15, -0.1) is 0 Å². The summed E-state index contributed by atoms with van der Waals surface area (Å²) >= 11 is 6.02. The van der Waals surface area contributed by atoms with Crippen molar-refractivity contribution in [2.45, 2.75) is 39.2 Å². The molecule has 0 aliphatic carbocycles. The summed E-state index contributed by atoms with van der Waals surface area (Å²) < 4.78 is 0. The molecule has 0 aromatic heterocycles. The predicted octanol–water partition coefficient (Wildman–Crippen LogP) is 5.24. The average molecular weight is 289 g/mol. The molecule has 0 amide bonds. The molecule has 0 spiro atoms. The molecule has 0 aliphatic heterocycles. The molecule has 0 heterocycles. The van der Waals surface area contributed by atoms with Crippen molar-refractivity contribution in [1.82, 2.24) is 0 Å². The number of hydrogen-bond acceptors (Lipinski definition) is 1. The Morgan fingerprint density at radius 3 is 2.25 bits per heavy atom. The topological polar surface area (TPSA) is 20.2 Å². The fourth-order valence-electron chi connectivity index (χ4n) is 2.33. The second kappa shape index (κ2) is 6.43. The molecule has 1 N–H and O–H groups in total. The van der Waals surface area contributed by atoms with Crippen molar-refractivity contribution in [3.8, 4) is 0 Å². The maximum atomic E-state index is 10.5. The van der Waals surface area contributed by atoms with Gasteiger partial charge in [-0.2, -0.15) is 0 Å². The Morgan fingerprint density at radius 2 is 1.65 bits per heavy atom. The first-order valence-electron chi connectivity index (χ1n) is 7.07. The fourth-order valence-corrected chi connectivity index (χ4v) is 2.51. The molecule has 2 rings (SSSR count). The molecule has 2 atom stereocenters. The monoisotopic (exact) mass is 288 g/mol. The summed E-state index contributed by atoms with van der Waals surface area (Å²) in [5, 5.41) is 11.2. The van der Waals surface area contributed by atoms with Gasteiger partial charge in [0.2, 0.25) is 0 Å². The van der Waals surface area contributed by atoms with Crippen molar-refractivity contribution in [2.24, 2.45) is 0 Å². The maximum absolute atomic E-state index is 10.5. The molecule has 0 radical (unpaired) electrons. The van der Waals surface area contributed by atoms with Crippen LogP contribution in [0.4, 0.5) is 0 Å². The van der Waals surface area contributed by atoms with Gasteiger partial charge in [0.15, 0.2) is 0 Å². The van der Waals surface area contributed by atoms with Gasteiger partial charge in [0.1, 0.15) is 6.10 Å². The first-order chi connectivity index (χ1) is 9.52. The number of aliphatic hydroxyl groups is 1. The molecule has 2 unspecified atom stereocenters. The van der Waals surface area contributed by atoms with Gasteiger partial charge in [0, 0.05) is 5.02 Å². The lowest BCUT2D eigenvalue weighted by Crippen LogP contribution is -2.02. The zero-order chi connectivity index (χ0) is 14.7. The first-order valence-corrected chi connectivity index (χ1v) is 7.44. The molecule has 0 saturated heterocycles. The van der Waals surface area contributed by atoms with Crippen LogP contribution < -0.4 is 0 Å². The van der Waals surface area contributed by atoms with Gasteiger partial charge in [-0.1, -0.05) is 55.8 Å². The van der Waals surface area contributed by atoms with Crippen LogP contribution in [-0.2, 0) is 0 Å². The quantitative estimate of drug-likeness (QED) is 0.815. The normalized spacial score (nSPS) is 14.1.